The molecule has 10 heteroatoms. The summed E-state index contributed by atoms with van der Waals surface area (Å²) in [5, 5.41) is 0. The first-order valence-corrected chi connectivity index (χ1v) is 12.6. The monoisotopic (exact) mass is 497 g/mol. The molecule has 2 aromatic carbocycles. The molecule has 0 aromatic heterocycles. The normalized spacial score (nSPS) is 24.7. The molecule has 0 bridgehead atoms. The average Bonchev–Trinajstić information content (AvgIpc) is 3.65. The Balaban J connectivity index is 1.73. The van der Waals surface area contributed by atoms with Crippen molar-refractivity contribution in [3.05, 3.63) is 59.2 Å². The highest BCUT2D eigenvalue weighted by Gasteiger charge is 2.62. The maximum absolute atomic E-state index is 15.3. The van der Waals surface area contributed by atoms with Crippen LogP contribution < -0.4 is 4.74 Å². The number of carbonyl (C=O) groups excluding carboxylic acids is 1. The number of hydrogen-bond acceptors (Lipinski definition) is 4. The van der Waals surface area contributed by atoms with Crippen molar-refractivity contribution in [2.45, 2.75) is 54.2 Å². The number of amides is 1. The lowest BCUT2D eigenvalue weighted by molar-refractivity contribution is -0.139. The second-order valence-electron chi connectivity index (χ2n) is 9.28. The van der Waals surface area contributed by atoms with E-state index in [0.29, 0.717) is 19.8 Å². The Bertz CT molecular complexity index is 1250. The standard InChI is InChI=1S/C24H23F4NO4S/c1-23(27,28)15-5-7-16(8-6-15)34(31,32)24-11-2-12-29(22(30)14-3-4-14)19(24)13-33-21-18(26)10-9-17(25)20(21)24/h5-10,14,19H,2-4,11-13H2,1H3/t19-,24+/m0/s1. The lowest BCUT2D eigenvalue weighted by Gasteiger charge is -2.51. The van der Waals surface area contributed by atoms with E-state index in [1.807, 2.05) is 0 Å². The van der Waals surface area contributed by atoms with Crippen molar-refractivity contribution < 1.29 is 35.5 Å². The Kier molecular flexibility index (Phi) is 5.24. The molecule has 5 rings (SSSR count). The van der Waals surface area contributed by atoms with Crippen LogP contribution >= 0.6 is 0 Å². The van der Waals surface area contributed by atoms with Crippen molar-refractivity contribution in [3.8, 4) is 5.75 Å². The predicted octanol–water partition coefficient (Wildman–Crippen LogP) is 4.54. The van der Waals surface area contributed by atoms with E-state index in [2.05, 4.69) is 0 Å². The number of likely N-dealkylation sites (tertiary alicyclic amines) is 1. The Morgan fingerprint density at radius 3 is 2.35 bits per heavy atom. The van der Waals surface area contributed by atoms with E-state index < -0.39 is 49.5 Å². The second-order valence-corrected chi connectivity index (χ2v) is 11.5. The van der Waals surface area contributed by atoms with Gasteiger partial charge in [-0.3, -0.25) is 4.79 Å². The van der Waals surface area contributed by atoms with Crippen LogP contribution in [-0.2, 0) is 25.3 Å². The summed E-state index contributed by atoms with van der Waals surface area (Å²) < 4.78 is 89.4. The van der Waals surface area contributed by atoms with Crippen LogP contribution in [0.2, 0.25) is 0 Å². The third-order valence-corrected chi connectivity index (χ3v) is 9.62. The lowest BCUT2D eigenvalue weighted by Crippen LogP contribution is -2.64. The van der Waals surface area contributed by atoms with Crippen molar-refractivity contribution >= 4 is 15.7 Å². The van der Waals surface area contributed by atoms with Crippen LogP contribution in [0, 0.1) is 17.6 Å². The Morgan fingerprint density at radius 1 is 1.09 bits per heavy atom. The van der Waals surface area contributed by atoms with Crippen molar-refractivity contribution in [2.75, 3.05) is 13.2 Å². The summed E-state index contributed by atoms with van der Waals surface area (Å²) in [4.78, 5) is 14.2. The topological polar surface area (TPSA) is 63.7 Å². The first kappa shape index (κ1) is 23.1. The SMILES string of the molecule is CC(F)(F)c1ccc(S(=O)(=O)[C@]23CCCN(C(=O)C4CC4)[C@H]2COc2c(F)ccc(F)c23)cc1. The van der Waals surface area contributed by atoms with Crippen LogP contribution in [0.1, 0.15) is 43.7 Å². The fourth-order valence-corrected chi connectivity index (χ4v) is 7.59. The summed E-state index contributed by atoms with van der Waals surface area (Å²) in [5.74, 6) is -5.98. The maximum atomic E-state index is 15.3. The number of alkyl halides is 2. The molecule has 0 unspecified atom stereocenters. The van der Waals surface area contributed by atoms with E-state index in [9.17, 15) is 26.4 Å². The summed E-state index contributed by atoms with van der Waals surface area (Å²) in [6.45, 7) is 0.644. The molecule has 1 aliphatic carbocycles. The summed E-state index contributed by atoms with van der Waals surface area (Å²) in [5.41, 5.74) is -0.818. The molecule has 1 amide bonds. The number of piperidine rings is 1. The smallest absolute Gasteiger partial charge is 0.270 e. The molecule has 1 saturated carbocycles. The van der Waals surface area contributed by atoms with E-state index in [0.717, 1.165) is 36.4 Å². The zero-order valence-electron chi connectivity index (χ0n) is 18.4. The zero-order valence-corrected chi connectivity index (χ0v) is 19.2. The van der Waals surface area contributed by atoms with Gasteiger partial charge in [0.1, 0.15) is 17.2 Å². The number of halogens is 4. The quantitative estimate of drug-likeness (QED) is 0.582. The Hall–Kier alpha value is -2.62. The molecule has 0 radical (unpaired) electrons. The molecule has 2 heterocycles. The highest BCUT2D eigenvalue weighted by Crippen LogP contribution is 2.54. The highest BCUT2D eigenvalue weighted by molar-refractivity contribution is 7.92. The van der Waals surface area contributed by atoms with Gasteiger partial charge in [-0.2, -0.15) is 0 Å². The van der Waals surface area contributed by atoms with Crippen molar-refractivity contribution in [2.24, 2.45) is 5.92 Å². The summed E-state index contributed by atoms with van der Waals surface area (Å²) in [6.07, 6.45) is 1.55. The van der Waals surface area contributed by atoms with E-state index >= 15 is 4.39 Å². The molecule has 34 heavy (non-hydrogen) atoms. The molecule has 182 valence electrons. The molecule has 2 fully saturated rings. The molecule has 2 atom stereocenters. The molecular formula is C24H23F4NO4S. The van der Waals surface area contributed by atoms with Gasteiger partial charge in [0.2, 0.25) is 5.91 Å². The van der Waals surface area contributed by atoms with Gasteiger partial charge in [0, 0.05) is 24.9 Å². The van der Waals surface area contributed by atoms with Crippen LogP contribution in [0.5, 0.6) is 5.75 Å². The number of carbonyl (C=O) groups is 1. The molecule has 0 spiro atoms. The zero-order chi connectivity index (χ0) is 24.5. The number of ether oxygens (including phenoxy) is 1. The molecule has 3 aliphatic rings. The van der Waals surface area contributed by atoms with Gasteiger partial charge < -0.3 is 9.64 Å². The number of rotatable bonds is 4. The number of fused-ring (bicyclic) bond motifs is 3. The van der Waals surface area contributed by atoms with Crippen molar-refractivity contribution in [1.82, 2.24) is 4.90 Å². The van der Waals surface area contributed by atoms with Gasteiger partial charge in [-0.05, 0) is 49.9 Å². The largest absolute Gasteiger partial charge is 0.488 e. The Morgan fingerprint density at radius 2 is 1.74 bits per heavy atom. The third kappa shape index (κ3) is 3.32. The average molecular weight is 498 g/mol. The summed E-state index contributed by atoms with van der Waals surface area (Å²) in [6, 6.07) is 4.76. The second kappa shape index (κ2) is 7.69. The van der Waals surface area contributed by atoms with Gasteiger partial charge in [0.15, 0.2) is 21.4 Å². The molecular weight excluding hydrogens is 474 g/mol. The van der Waals surface area contributed by atoms with Gasteiger partial charge in [-0.15, -0.1) is 0 Å². The van der Waals surface area contributed by atoms with Crippen LogP contribution in [-0.4, -0.2) is 38.4 Å². The molecule has 2 aliphatic heterocycles. The highest BCUT2D eigenvalue weighted by atomic mass is 32.2. The minimum atomic E-state index is -4.50. The molecule has 2 aromatic rings. The summed E-state index contributed by atoms with van der Waals surface area (Å²) >= 11 is 0. The first-order valence-electron chi connectivity index (χ1n) is 11.1. The number of nitrogens with zero attached hydrogens (tertiary/aromatic N) is 1. The van der Waals surface area contributed by atoms with Crippen LogP contribution in [0.4, 0.5) is 17.6 Å². The van der Waals surface area contributed by atoms with E-state index in [1.165, 1.54) is 4.90 Å². The van der Waals surface area contributed by atoms with Crippen molar-refractivity contribution in [1.29, 1.82) is 0 Å². The maximum Gasteiger partial charge on any atom is 0.270 e. The number of sulfone groups is 1. The fourth-order valence-electron chi connectivity index (χ4n) is 5.25. The molecule has 5 nitrogen and oxygen atoms in total. The predicted molar refractivity (Wildman–Crippen MR) is 114 cm³/mol. The van der Waals surface area contributed by atoms with Gasteiger partial charge >= 0.3 is 0 Å². The summed E-state index contributed by atoms with van der Waals surface area (Å²) in [7, 11) is -4.50. The Labute approximate surface area is 194 Å². The lowest BCUT2D eigenvalue weighted by atomic mass is 9.80. The minimum Gasteiger partial charge on any atom is -0.488 e. The third-order valence-electron chi connectivity index (χ3n) is 7.09. The van der Waals surface area contributed by atoms with Crippen LogP contribution in [0.25, 0.3) is 0 Å². The fraction of sp³-hybridized carbons (Fsp3) is 0.458. The van der Waals surface area contributed by atoms with E-state index in [-0.39, 0.29) is 48.3 Å². The van der Waals surface area contributed by atoms with Crippen LogP contribution in [0.15, 0.2) is 41.3 Å². The molecule has 0 N–H and O–H groups in total. The minimum absolute atomic E-state index is 0.0726. The van der Waals surface area contributed by atoms with E-state index in [4.69, 9.17) is 4.74 Å². The van der Waals surface area contributed by atoms with Crippen LogP contribution in [0.3, 0.4) is 0 Å². The van der Waals surface area contributed by atoms with Gasteiger partial charge in [0.05, 0.1) is 16.5 Å². The number of benzene rings is 2. The van der Waals surface area contributed by atoms with Gasteiger partial charge in [-0.25, -0.2) is 26.0 Å². The number of hydrogen-bond donors (Lipinski definition) is 0. The van der Waals surface area contributed by atoms with Gasteiger partial charge in [-0.1, -0.05) is 12.1 Å². The van der Waals surface area contributed by atoms with E-state index in [1.54, 1.807) is 0 Å². The molecule has 1 saturated heterocycles. The van der Waals surface area contributed by atoms with Gasteiger partial charge in [0.25, 0.3) is 5.92 Å². The first-order chi connectivity index (χ1) is 16.0. The van der Waals surface area contributed by atoms with Crippen molar-refractivity contribution in [3.63, 3.8) is 0 Å².